The number of rotatable bonds is 6. The molecule has 7 heteroatoms. The first-order valence-electron chi connectivity index (χ1n) is 5.64. The second kappa shape index (κ2) is 5.66. The Kier molecular flexibility index (Phi) is 4.44. The molecule has 1 rings (SSSR count). The average Bonchev–Trinajstić information content (AvgIpc) is 2.35. The fourth-order valence-corrected chi connectivity index (χ4v) is 1.33. The van der Waals surface area contributed by atoms with Crippen LogP contribution in [-0.4, -0.2) is 33.3 Å². The Morgan fingerprint density at radius 2 is 2.16 bits per heavy atom. The molecular formula is C12H15NO6. The summed E-state index contributed by atoms with van der Waals surface area (Å²) in [5.74, 6) is -1.52. The number of ether oxygens (including phenoxy) is 1. The smallest absolute Gasteiger partial charge is 0.339 e. The highest BCUT2D eigenvalue weighted by molar-refractivity contribution is 5.76. The number of hydrogen-bond acceptors (Lipinski definition) is 5. The number of hydrogen-bond donors (Lipinski definition) is 2. The maximum atomic E-state index is 10.9. The van der Waals surface area contributed by atoms with Crippen molar-refractivity contribution in [2.24, 2.45) is 0 Å². The second-order valence-electron chi connectivity index (χ2n) is 4.28. The number of carbonyl (C=O) groups is 1. The van der Waals surface area contributed by atoms with E-state index >= 15 is 0 Å². The molecule has 19 heavy (non-hydrogen) atoms. The van der Waals surface area contributed by atoms with E-state index in [-0.39, 0.29) is 11.4 Å². The van der Waals surface area contributed by atoms with Crippen LogP contribution in [0.1, 0.15) is 19.4 Å². The molecule has 0 radical (unpaired) electrons. The molecule has 0 saturated heterocycles. The van der Waals surface area contributed by atoms with Crippen LogP contribution in [0.2, 0.25) is 0 Å². The van der Waals surface area contributed by atoms with Gasteiger partial charge in [0.05, 0.1) is 4.92 Å². The highest BCUT2D eigenvalue weighted by Gasteiger charge is 2.32. The number of nitro benzene ring substituents is 1. The van der Waals surface area contributed by atoms with Crippen molar-refractivity contribution < 1.29 is 24.7 Å². The summed E-state index contributed by atoms with van der Waals surface area (Å²) >= 11 is 0. The molecule has 0 heterocycles. The van der Waals surface area contributed by atoms with Crippen molar-refractivity contribution in [2.45, 2.75) is 25.9 Å². The summed E-state index contributed by atoms with van der Waals surface area (Å²) in [6.45, 7) is 2.34. The van der Waals surface area contributed by atoms with Gasteiger partial charge in [0.1, 0.15) is 6.61 Å². The quantitative estimate of drug-likeness (QED) is 0.596. The zero-order valence-corrected chi connectivity index (χ0v) is 10.6. The van der Waals surface area contributed by atoms with Crippen molar-refractivity contribution in [2.75, 3.05) is 6.61 Å². The normalized spacial score (nSPS) is 13.6. The molecule has 2 N–H and O–H groups in total. The van der Waals surface area contributed by atoms with Crippen LogP contribution in [0.3, 0.4) is 0 Å². The van der Waals surface area contributed by atoms with Crippen molar-refractivity contribution in [1.29, 1.82) is 0 Å². The van der Waals surface area contributed by atoms with Crippen LogP contribution in [0.25, 0.3) is 0 Å². The van der Waals surface area contributed by atoms with Gasteiger partial charge < -0.3 is 14.9 Å². The Hall–Kier alpha value is -2.15. The minimum absolute atomic E-state index is 0.0660. The van der Waals surface area contributed by atoms with E-state index in [4.69, 9.17) is 9.84 Å². The van der Waals surface area contributed by atoms with Crippen LogP contribution in [0, 0.1) is 10.1 Å². The molecule has 0 spiro atoms. The van der Waals surface area contributed by atoms with Gasteiger partial charge in [0, 0.05) is 6.07 Å². The van der Waals surface area contributed by atoms with E-state index in [9.17, 15) is 20.0 Å². The summed E-state index contributed by atoms with van der Waals surface area (Å²) in [6.07, 6.45) is 0.633. The Labute approximate surface area is 109 Å². The van der Waals surface area contributed by atoms with E-state index in [1.807, 2.05) is 6.92 Å². The molecular weight excluding hydrogens is 254 g/mol. The largest absolute Gasteiger partial charge is 0.483 e. The highest BCUT2D eigenvalue weighted by Crippen LogP contribution is 2.28. The van der Waals surface area contributed by atoms with Gasteiger partial charge in [-0.25, -0.2) is 4.79 Å². The third kappa shape index (κ3) is 3.65. The standard InChI is InChI=1S/C12H15NO6/c1-3-8-4-5-10(9(6-8)13(17)18)19-7-12(2,16)11(14)15/h4-6,16H,3,7H2,1-2H3,(H,14,15). The Morgan fingerprint density at radius 3 is 2.63 bits per heavy atom. The molecule has 7 nitrogen and oxygen atoms in total. The van der Waals surface area contributed by atoms with Gasteiger partial charge in [0.2, 0.25) is 0 Å². The van der Waals surface area contributed by atoms with E-state index in [2.05, 4.69) is 0 Å². The number of nitrogens with zero attached hydrogens (tertiary/aromatic N) is 1. The molecule has 1 aromatic carbocycles. The molecule has 0 aliphatic heterocycles. The van der Waals surface area contributed by atoms with Crippen molar-refractivity contribution >= 4 is 11.7 Å². The Morgan fingerprint density at radius 1 is 1.53 bits per heavy atom. The molecule has 0 aromatic heterocycles. The van der Waals surface area contributed by atoms with Gasteiger partial charge in [-0.05, 0) is 25.0 Å². The molecule has 0 bridgehead atoms. The van der Waals surface area contributed by atoms with Gasteiger partial charge >= 0.3 is 11.7 Å². The van der Waals surface area contributed by atoms with E-state index < -0.39 is 23.1 Å². The molecule has 0 aliphatic carbocycles. The number of aliphatic carboxylic acids is 1. The molecule has 1 unspecified atom stereocenters. The first kappa shape index (κ1) is 14.9. The molecule has 0 fully saturated rings. The third-order valence-electron chi connectivity index (χ3n) is 2.60. The lowest BCUT2D eigenvalue weighted by Gasteiger charge is -2.18. The maximum absolute atomic E-state index is 10.9. The Balaban J connectivity index is 2.95. The SMILES string of the molecule is CCc1ccc(OCC(C)(O)C(=O)O)c([N+](=O)[O-])c1. The lowest BCUT2D eigenvalue weighted by Crippen LogP contribution is -2.41. The first-order valence-corrected chi connectivity index (χ1v) is 5.64. The minimum Gasteiger partial charge on any atom is -0.483 e. The van der Waals surface area contributed by atoms with Crippen LogP contribution in [-0.2, 0) is 11.2 Å². The third-order valence-corrected chi connectivity index (χ3v) is 2.60. The van der Waals surface area contributed by atoms with Crippen LogP contribution < -0.4 is 4.74 Å². The van der Waals surface area contributed by atoms with Gasteiger partial charge in [-0.15, -0.1) is 0 Å². The topological polar surface area (TPSA) is 110 Å². The van der Waals surface area contributed by atoms with Crippen LogP contribution in [0.4, 0.5) is 5.69 Å². The van der Waals surface area contributed by atoms with Gasteiger partial charge in [-0.2, -0.15) is 0 Å². The van der Waals surface area contributed by atoms with Gasteiger partial charge in [-0.1, -0.05) is 13.0 Å². The summed E-state index contributed by atoms with van der Waals surface area (Å²) < 4.78 is 5.05. The van der Waals surface area contributed by atoms with Crippen molar-refractivity contribution in [3.63, 3.8) is 0 Å². The monoisotopic (exact) mass is 269 g/mol. The minimum atomic E-state index is -2.10. The Bertz CT molecular complexity index is 497. The molecule has 1 atom stereocenters. The number of nitro groups is 1. The summed E-state index contributed by atoms with van der Waals surface area (Å²) in [6, 6.07) is 4.41. The van der Waals surface area contributed by atoms with E-state index in [0.29, 0.717) is 6.42 Å². The lowest BCUT2D eigenvalue weighted by atomic mass is 10.1. The van der Waals surface area contributed by atoms with Crippen molar-refractivity contribution in [3.05, 3.63) is 33.9 Å². The molecule has 1 aromatic rings. The maximum Gasteiger partial charge on any atom is 0.339 e. The second-order valence-corrected chi connectivity index (χ2v) is 4.28. The first-order chi connectivity index (χ1) is 8.77. The van der Waals surface area contributed by atoms with Gasteiger partial charge in [0.25, 0.3) is 0 Å². The predicted octanol–water partition coefficient (Wildman–Crippen LogP) is 1.37. The molecule has 104 valence electrons. The number of aliphatic hydroxyl groups is 1. The lowest BCUT2D eigenvalue weighted by molar-refractivity contribution is -0.386. The van der Waals surface area contributed by atoms with Crippen LogP contribution in [0.15, 0.2) is 18.2 Å². The zero-order chi connectivity index (χ0) is 14.6. The predicted molar refractivity (Wildman–Crippen MR) is 66.2 cm³/mol. The summed E-state index contributed by atoms with van der Waals surface area (Å²) in [7, 11) is 0. The summed E-state index contributed by atoms with van der Waals surface area (Å²) in [4.78, 5) is 21.0. The van der Waals surface area contributed by atoms with Crippen molar-refractivity contribution in [1.82, 2.24) is 0 Å². The average molecular weight is 269 g/mol. The van der Waals surface area contributed by atoms with E-state index in [0.717, 1.165) is 12.5 Å². The molecule has 0 amide bonds. The molecule has 0 aliphatic rings. The van der Waals surface area contributed by atoms with E-state index in [1.165, 1.54) is 12.1 Å². The summed E-state index contributed by atoms with van der Waals surface area (Å²) in [5.41, 5.74) is -1.58. The van der Waals surface area contributed by atoms with Crippen LogP contribution >= 0.6 is 0 Å². The summed E-state index contributed by atoms with van der Waals surface area (Å²) in [5, 5.41) is 29.1. The number of benzene rings is 1. The highest BCUT2D eigenvalue weighted by atomic mass is 16.6. The fourth-order valence-electron chi connectivity index (χ4n) is 1.33. The van der Waals surface area contributed by atoms with Gasteiger partial charge in [-0.3, -0.25) is 10.1 Å². The number of carboxylic acids is 1. The van der Waals surface area contributed by atoms with Crippen molar-refractivity contribution in [3.8, 4) is 5.75 Å². The fraction of sp³-hybridized carbons (Fsp3) is 0.417. The van der Waals surface area contributed by atoms with Crippen LogP contribution in [0.5, 0.6) is 5.75 Å². The zero-order valence-electron chi connectivity index (χ0n) is 10.6. The number of aryl methyl sites for hydroxylation is 1. The molecule has 0 saturated carbocycles. The van der Waals surface area contributed by atoms with Gasteiger partial charge in [0.15, 0.2) is 11.4 Å². The van der Waals surface area contributed by atoms with E-state index in [1.54, 1.807) is 6.07 Å². The number of carboxylic acid groups (broad SMARTS) is 1.